The number of Topliss-reactive ketones (excluding diaryl/α,β-unsaturated/α-hetero) is 1. The molecule has 0 atom stereocenters. The lowest BCUT2D eigenvalue weighted by Crippen LogP contribution is -1.97. The van der Waals surface area contributed by atoms with Crippen LogP contribution < -0.4 is 0 Å². The predicted molar refractivity (Wildman–Crippen MR) is 178 cm³/mol. The normalized spacial score (nSPS) is 12.3. The molecule has 226 valence electrons. The predicted octanol–water partition coefficient (Wildman–Crippen LogP) is 13.4. The van der Waals surface area contributed by atoms with Crippen LogP contribution in [0.1, 0.15) is 187 Å². The van der Waals surface area contributed by atoms with Crippen molar-refractivity contribution in [2.24, 2.45) is 0 Å². The van der Waals surface area contributed by atoms with Gasteiger partial charge in [-0.05, 0) is 57.8 Å². The molecule has 0 rings (SSSR count). The van der Waals surface area contributed by atoms with Crippen molar-refractivity contribution in [3.8, 4) is 0 Å². The molecule has 0 aromatic carbocycles. The van der Waals surface area contributed by atoms with E-state index in [0.717, 1.165) is 57.8 Å². The van der Waals surface area contributed by atoms with Crippen molar-refractivity contribution in [2.75, 3.05) is 0 Å². The van der Waals surface area contributed by atoms with Crippen LogP contribution in [0.2, 0.25) is 0 Å². The first-order valence-electron chi connectivity index (χ1n) is 17.4. The SMILES string of the molecule is CCCCC/C=C\C/C=C\C/C=C\C/C=C\CCCC[14C](=O)CCCCCCCCCCCCCCCCC. The molecule has 0 heterocycles. The second-order valence-corrected chi connectivity index (χ2v) is 11.6. The van der Waals surface area contributed by atoms with Gasteiger partial charge in [-0.1, -0.05) is 165 Å². The van der Waals surface area contributed by atoms with Crippen molar-refractivity contribution >= 4 is 5.78 Å². The number of unbranched alkanes of at least 4 members (excludes halogenated alkanes) is 19. The summed E-state index contributed by atoms with van der Waals surface area (Å²) in [5.74, 6) is 0.483. The van der Waals surface area contributed by atoms with Crippen LogP contribution in [-0.2, 0) is 4.79 Å². The lowest BCUT2D eigenvalue weighted by molar-refractivity contribution is -0.119. The molecule has 0 radical (unpaired) electrons. The standard InChI is InChI=1S/C38H68O/c1-3-5-7-9-11-13-15-17-19-20-21-23-25-27-29-31-33-35-37-38(39)36-34-32-30-28-26-24-22-18-16-14-12-10-8-6-4-2/h11,13,17,19,21,23,27,29H,3-10,12,14-16,18,20,22,24-26,28,30-37H2,1-2H3/b13-11-,19-17-,23-21-,29-27-/i38+2. The Hall–Kier alpha value is -1.37. The minimum atomic E-state index is 0.483. The summed E-state index contributed by atoms with van der Waals surface area (Å²) >= 11 is 0. The van der Waals surface area contributed by atoms with E-state index in [9.17, 15) is 4.79 Å². The molecule has 39 heavy (non-hydrogen) atoms. The van der Waals surface area contributed by atoms with Gasteiger partial charge in [0.2, 0.25) is 0 Å². The number of hydrogen-bond donors (Lipinski definition) is 0. The monoisotopic (exact) mass is 543 g/mol. The molecule has 0 saturated carbocycles. The zero-order chi connectivity index (χ0) is 28.3. The summed E-state index contributed by atoms with van der Waals surface area (Å²) in [4.78, 5) is 12.1. The van der Waals surface area contributed by atoms with Crippen LogP contribution in [0.15, 0.2) is 48.6 Å². The summed E-state index contributed by atoms with van der Waals surface area (Å²) in [6, 6.07) is 0. The highest BCUT2D eigenvalue weighted by Gasteiger charge is 2.01. The average Bonchev–Trinajstić information content (AvgIpc) is 2.94. The number of allylic oxidation sites excluding steroid dienone is 8. The molecule has 0 spiro atoms. The van der Waals surface area contributed by atoms with Gasteiger partial charge in [-0.3, -0.25) is 4.79 Å². The summed E-state index contributed by atoms with van der Waals surface area (Å²) in [5, 5.41) is 0. The van der Waals surface area contributed by atoms with Crippen LogP contribution in [0.25, 0.3) is 0 Å². The van der Waals surface area contributed by atoms with E-state index < -0.39 is 0 Å². The molecule has 0 aromatic heterocycles. The molecule has 1 nitrogen and oxygen atoms in total. The van der Waals surface area contributed by atoms with E-state index in [1.807, 2.05) is 0 Å². The van der Waals surface area contributed by atoms with E-state index in [-0.39, 0.29) is 0 Å². The average molecular weight is 543 g/mol. The lowest BCUT2D eigenvalue weighted by atomic mass is 10.0. The van der Waals surface area contributed by atoms with Crippen LogP contribution in [0.5, 0.6) is 0 Å². The summed E-state index contributed by atoms with van der Waals surface area (Å²) in [6.07, 6.45) is 52.0. The summed E-state index contributed by atoms with van der Waals surface area (Å²) in [7, 11) is 0. The van der Waals surface area contributed by atoms with Gasteiger partial charge in [-0.25, -0.2) is 0 Å². The van der Waals surface area contributed by atoms with Gasteiger partial charge in [0.15, 0.2) is 0 Å². The van der Waals surface area contributed by atoms with Crippen molar-refractivity contribution in [2.45, 2.75) is 187 Å². The Morgan fingerprint density at radius 1 is 0.359 bits per heavy atom. The van der Waals surface area contributed by atoms with Gasteiger partial charge in [0.1, 0.15) is 5.78 Å². The highest BCUT2D eigenvalue weighted by molar-refractivity contribution is 5.78. The molecule has 0 fully saturated rings. The third-order valence-electron chi connectivity index (χ3n) is 7.59. The molecule has 0 amide bonds. The Balaban J connectivity index is 3.34. The fourth-order valence-corrected chi connectivity index (χ4v) is 4.96. The quantitative estimate of drug-likeness (QED) is 0.0628. The molecule has 0 bridgehead atoms. The van der Waals surface area contributed by atoms with Gasteiger partial charge >= 0.3 is 0 Å². The Kier molecular flexibility index (Phi) is 33.4. The molecule has 0 aromatic rings. The molecular weight excluding hydrogens is 474 g/mol. The van der Waals surface area contributed by atoms with Gasteiger partial charge < -0.3 is 0 Å². The second-order valence-electron chi connectivity index (χ2n) is 11.6. The van der Waals surface area contributed by atoms with Crippen molar-refractivity contribution < 1.29 is 4.79 Å². The van der Waals surface area contributed by atoms with E-state index in [0.29, 0.717) is 5.78 Å². The Morgan fingerprint density at radius 2 is 0.641 bits per heavy atom. The largest absolute Gasteiger partial charge is 0.300 e. The Bertz CT molecular complexity index is 594. The van der Waals surface area contributed by atoms with Crippen LogP contribution in [0, 0.1) is 0 Å². The van der Waals surface area contributed by atoms with Crippen molar-refractivity contribution in [1.82, 2.24) is 0 Å². The molecule has 1 heteroatoms. The first-order valence-corrected chi connectivity index (χ1v) is 17.4. The smallest absolute Gasteiger partial charge is 0.132 e. The fourth-order valence-electron chi connectivity index (χ4n) is 4.96. The number of carbonyl (C=O) groups is 1. The van der Waals surface area contributed by atoms with Crippen LogP contribution in [0.4, 0.5) is 0 Å². The van der Waals surface area contributed by atoms with Crippen LogP contribution in [0.3, 0.4) is 0 Å². The van der Waals surface area contributed by atoms with Crippen LogP contribution >= 0.6 is 0 Å². The van der Waals surface area contributed by atoms with Crippen LogP contribution in [-0.4, -0.2) is 5.78 Å². The van der Waals surface area contributed by atoms with E-state index in [4.69, 9.17) is 0 Å². The van der Waals surface area contributed by atoms with Gasteiger partial charge in [0.05, 0.1) is 0 Å². The zero-order valence-electron chi connectivity index (χ0n) is 26.6. The third kappa shape index (κ3) is 34.6. The molecule has 0 aliphatic rings. The Morgan fingerprint density at radius 3 is 1.05 bits per heavy atom. The topological polar surface area (TPSA) is 17.1 Å². The highest BCUT2D eigenvalue weighted by atomic mass is 16.3. The molecule has 0 N–H and O–H groups in total. The van der Waals surface area contributed by atoms with E-state index >= 15 is 0 Å². The molecule has 0 aliphatic heterocycles. The number of rotatable bonds is 31. The van der Waals surface area contributed by atoms with Crippen molar-refractivity contribution in [3.63, 3.8) is 0 Å². The highest BCUT2D eigenvalue weighted by Crippen LogP contribution is 2.14. The maximum Gasteiger partial charge on any atom is 0.132 e. The molecule has 0 aliphatic carbocycles. The molecular formula is C38H68O. The summed E-state index contributed by atoms with van der Waals surface area (Å²) in [5.41, 5.74) is 0. The van der Waals surface area contributed by atoms with Gasteiger partial charge in [-0.2, -0.15) is 0 Å². The summed E-state index contributed by atoms with van der Waals surface area (Å²) < 4.78 is 0. The maximum atomic E-state index is 12.1. The Labute approximate surface area is 246 Å². The van der Waals surface area contributed by atoms with E-state index in [1.165, 1.54) is 116 Å². The van der Waals surface area contributed by atoms with Gasteiger partial charge in [0.25, 0.3) is 0 Å². The van der Waals surface area contributed by atoms with Gasteiger partial charge in [-0.15, -0.1) is 0 Å². The molecule has 0 saturated heterocycles. The first-order chi connectivity index (χ1) is 19.3. The van der Waals surface area contributed by atoms with Crippen molar-refractivity contribution in [1.29, 1.82) is 0 Å². The molecule has 0 unspecified atom stereocenters. The van der Waals surface area contributed by atoms with Gasteiger partial charge in [0, 0.05) is 12.8 Å². The van der Waals surface area contributed by atoms with E-state index in [1.54, 1.807) is 0 Å². The maximum absolute atomic E-state index is 12.1. The second kappa shape index (κ2) is 34.7. The lowest BCUT2D eigenvalue weighted by Gasteiger charge is -2.03. The first kappa shape index (κ1) is 37.6. The number of ketones is 1. The van der Waals surface area contributed by atoms with Crippen molar-refractivity contribution in [3.05, 3.63) is 48.6 Å². The number of carbonyl (C=O) groups excluding carboxylic acids is 1. The zero-order valence-corrected chi connectivity index (χ0v) is 26.6. The minimum Gasteiger partial charge on any atom is -0.300 e. The summed E-state index contributed by atoms with van der Waals surface area (Å²) in [6.45, 7) is 4.54. The third-order valence-corrected chi connectivity index (χ3v) is 7.59. The fraction of sp³-hybridized carbons (Fsp3) is 0.763. The minimum absolute atomic E-state index is 0.483. The number of hydrogen-bond acceptors (Lipinski definition) is 1. The van der Waals surface area contributed by atoms with E-state index in [2.05, 4.69) is 62.5 Å².